The highest BCUT2D eigenvalue weighted by molar-refractivity contribution is 9.72. The highest BCUT2D eigenvalue weighted by atomic mass is 80.0. The van der Waals surface area contributed by atoms with Gasteiger partial charge in [-0.3, -0.25) is 0 Å². The Labute approximate surface area is 116 Å². The van der Waals surface area contributed by atoms with E-state index in [1.165, 1.54) is 18.9 Å². The van der Waals surface area contributed by atoms with Gasteiger partial charge in [0, 0.05) is 6.08 Å². The number of carbonyl (C=O) groups excluding carboxylic acids is 1. The minimum Gasteiger partial charge on any atom is -0.463 e. The molecule has 0 aromatic heterocycles. The lowest BCUT2D eigenvalue weighted by molar-refractivity contribution is -0.137. The lowest BCUT2D eigenvalue weighted by Gasteiger charge is -2.08. The van der Waals surface area contributed by atoms with Crippen LogP contribution in [0.3, 0.4) is 0 Å². The third-order valence-electron chi connectivity index (χ3n) is 1.77. The monoisotopic (exact) mass is 420 g/mol. The highest BCUT2D eigenvalue weighted by Crippen LogP contribution is 2.33. The van der Waals surface area contributed by atoms with Crippen molar-refractivity contribution in [1.82, 2.24) is 0 Å². The third-order valence-corrected chi connectivity index (χ3v) is 6.25. The summed E-state index contributed by atoms with van der Waals surface area (Å²) in [4.78, 5) is 10.7. The van der Waals surface area contributed by atoms with Crippen molar-refractivity contribution in [3.05, 3.63) is 12.7 Å². The summed E-state index contributed by atoms with van der Waals surface area (Å²) >= 11 is 10.7. The molecule has 0 aliphatic heterocycles. The highest BCUT2D eigenvalue weighted by Gasteiger charge is 2.20. The van der Waals surface area contributed by atoms with E-state index in [1.54, 1.807) is 0 Å². The van der Waals surface area contributed by atoms with Gasteiger partial charge in [-0.2, -0.15) is 0 Å². The molecule has 0 amide bonds. The van der Waals surface area contributed by atoms with Gasteiger partial charge in [0.25, 0.3) is 3.93 Å². The van der Waals surface area contributed by atoms with Crippen LogP contribution in [-0.2, 0) is 9.53 Å². The van der Waals surface area contributed by atoms with Crippen molar-refractivity contribution < 1.29 is 9.53 Å². The van der Waals surface area contributed by atoms with Crippen molar-refractivity contribution in [3.8, 4) is 0 Å². The second-order valence-corrected chi connectivity index (χ2v) is 26.6. The van der Waals surface area contributed by atoms with Gasteiger partial charge >= 0.3 is 5.97 Å². The second-order valence-electron chi connectivity index (χ2n) is 3.15. The van der Waals surface area contributed by atoms with Crippen LogP contribution < -0.4 is 0 Å². The minimum atomic E-state index is -1.41. The molecule has 0 spiro atoms. The van der Waals surface area contributed by atoms with E-state index in [2.05, 4.69) is 52.5 Å². The van der Waals surface area contributed by atoms with Gasteiger partial charge in [0.15, 0.2) is 0 Å². The zero-order chi connectivity index (χ0) is 11.7. The Morgan fingerprint density at radius 3 is 2.33 bits per heavy atom. The number of esters is 1. The predicted molar refractivity (Wildman–Crippen MR) is 77.0 cm³/mol. The van der Waals surface area contributed by atoms with E-state index in [0.29, 0.717) is 6.61 Å². The zero-order valence-electron chi connectivity index (χ0n) is 8.48. The standard InChI is InChI=1S/C9H15Br3O2Si/c1-2-9(13)14-7-5-3-4-6-8-15(10,11)12/h2H,1,3-8H2. The van der Waals surface area contributed by atoms with Crippen molar-refractivity contribution in [2.75, 3.05) is 6.61 Å². The summed E-state index contributed by atoms with van der Waals surface area (Å²) in [6.45, 7) is 3.83. The first-order chi connectivity index (χ1) is 6.95. The van der Waals surface area contributed by atoms with Crippen LogP contribution in [0.25, 0.3) is 0 Å². The number of ether oxygens (including phenoxy) is 1. The topological polar surface area (TPSA) is 26.3 Å². The Hall–Kier alpha value is 0.867. The fourth-order valence-electron chi connectivity index (χ4n) is 1.01. The summed E-state index contributed by atoms with van der Waals surface area (Å²) in [5.74, 6) is -0.331. The predicted octanol–water partition coefficient (Wildman–Crippen LogP) is 4.40. The van der Waals surface area contributed by atoms with Crippen LogP contribution in [0.1, 0.15) is 25.7 Å². The Balaban J connectivity index is 3.19. The molecule has 0 atom stereocenters. The Morgan fingerprint density at radius 2 is 1.80 bits per heavy atom. The van der Waals surface area contributed by atoms with E-state index in [4.69, 9.17) is 4.74 Å². The van der Waals surface area contributed by atoms with E-state index in [9.17, 15) is 4.79 Å². The lowest BCUT2D eigenvalue weighted by atomic mass is 10.2. The maximum Gasteiger partial charge on any atom is 0.330 e. The molecule has 0 bridgehead atoms. The van der Waals surface area contributed by atoms with Crippen LogP contribution >= 0.6 is 45.9 Å². The van der Waals surface area contributed by atoms with E-state index in [0.717, 1.165) is 18.9 Å². The van der Waals surface area contributed by atoms with Crippen molar-refractivity contribution in [2.45, 2.75) is 31.7 Å². The van der Waals surface area contributed by atoms with Crippen LogP contribution in [0, 0.1) is 0 Å². The second kappa shape index (κ2) is 8.96. The van der Waals surface area contributed by atoms with Gasteiger partial charge in [-0.1, -0.05) is 71.7 Å². The lowest BCUT2D eigenvalue weighted by Crippen LogP contribution is -2.05. The number of unbranched alkanes of at least 4 members (excludes halogenated alkanes) is 3. The fourth-order valence-corrected chi connectivity index (χ4v) is 4.19. The van der Waals surface area contributed by atoms with Crippen molar-refractivity contribution >= 4 is 55.8 Å². The van der Waals surface area contributed by atoms with E-state index in [-0.39, 0.29) is 5.97 Å². The van der Waals surface area contributed by atoms with Gasteiger partial charge in [-0.15, -0.1) is 0 Å². The quantitative estimate of drug-likeness (QED) is 0.190. The van der Waals surface area contributed by atoms with Crippen LogP contribution in [0.15, 0.2) is 12.7 Å². The molecule has 0 rings (SSSR count). The van der Waals surface area contributed by atoms with Gasteiger partial charge < -0.3 is 4.74 Å². The van der Waals surface area contributed by atoms with E-state index >= 15 is 0 Å². The molecule has 0 aromatic carbocycles. The summed E-state index contributed by atoms with van der Waals surface area (Å²) in [5.41, 5.74) is 0. The molecule has 0 heterocycles. The number of halogens is 3. The maximum absolute atomic E-state index is 10.7. The minimum absolute atomic E-state index is 0.331. The van der Waals surface area contributed by atoms with Gasteiger partial charge in [-0.05, 0) is 12.5 Å². The molecule has 0 saturated heterocycles. The molecule has 0 fully saturated rings. The summed E-state index contributed by atoms with van der Waals surface area (Å²) in [6, 6.07) is 1.15. The number of hydrogen-bond donors (Lipinski definition) is 0. The molecule has 0 saturated carbocycles. The van der Waals surface area contributed by atoms with Crippen molar-refractivity contribution in [3.63, 3.8) is 0 Å². The molecule has 6 heteroatoms. The molecule has 2 nitrogen and oxygen atoms in total. The molecule has 88 valence electrons. The molecule has 0 N–H and O–H groups in total. The molecule has 0 unspecified atom stereocenters. The molecule has 0 aliphatic rings. The Bertz CT molecular complexity index is 204. The smallest absolute Gasteiger partial charge is 0.330 e. The van der Waals surface area contributed by atoms with Gasteiger partial charge in [0.05, 0.1) is 6.61 Å². The molecule has 0 aromatic rings. The number of hydrogen-bond acceptors (Lipinski definition) is 2. The first-order valence-electron chi connectivity index (χ1n) is 4.81. The first kappa shape index (κ1) is 15.9. The number of carbonyl (C=O) groups is 1. The third kappa shape index (κ3) is 12.8. The summed E-state index contributed by atoms with van der Waals surface area (Å²) < 4.78 is 3.45. The van der Waals surface area contributed by atoms with Crippen molar-refractivity contribution in [1.29, 1.82) is 0 Å². The number of rotatable bonds is 8. The Morgan fingerprint density at radius 1 is 1.20 bits per heavy atom. The zero-order valence-corrected chi connectivity index (χ0v) is 14.2. The summed E-state index contributed by atoms with van der Waals surface area (Å²) in [5, 5.41) is 0. The molecule has 15 heavy (non-hydrogen) atoms. The normalized spacial score (nSPS) is 11.1. The van der Waals surface area contributed by atoms with Crippen LogP contribution in [0.2, 0.25) is 6.04 Å². The SMILES string of the molecule is C=CC(=O)OCCCCCC[Si](Br)(Br)Br. The summed E-state index contributed by atoms with van der Waals surface area (Å²) in [7, 11) is 0. The Kier molecular flexibility index (Phi) is 9.47. The largest absolute Gasteiger partial charge is 0.463 e. The first-order valence-corrected chi connectivity index (χ1v) is 13.8. The summed E-state index contributed by atoms with van der Waals surface area (Å²) in [6.07, 6.45) is 5.58. The van der Waals surface area contributed by atoms with Crippen LogP contribution in [-0.4, -0.2) is 16.5 Å². The molecule has 0 radical (unpaired) electrons. The van der Waals surface area contributed by atoms with E-state index < -0.39 is 3.93 Å². The molecule has 0 aliphatic carbocycles. The molecular formula is C9H15Br3O2Si. The van der Waals surface area contributed by atoms with E-state index in [1.807, 2.05) is 0 Å². The van der Waals surface area contributed by atoms with Crippen LogP contribution in [0.5, 0.6) is 0 Å². The average molecular weight is 423 g/mol. The van der Waals surface area contributed by atoms with Crippen molar-refractivity contribution in [2.24, 2.45) is 0 Å². The van der Waals surface area contributed by atoms with Gasteiger partial charge in [-0.25, -0.2) is 4.79 Å². The average Bonchev–Trinajstić information content (AvgIpc) is 2.14. The van der Waals surface area contributed by atoms with Crippen LogP contribution in [0.4, 0.5) is 0 Å². The fraction of sp³-hybridized carbons (Fsp3) is 0.667. The molecular weight excluding hydrogens is 408 g/mol. The van der Waals surface area contributed by atoms with Gasteiger partial charge in [0.1, 0.15) is 0 Å². The van der Waals surface area contributed by atoms with Gasteiger partial charge in [0.2, 0.25) is 0 Å². The maximum atomic E-state index is 10.7.